The summed E-state index contributed by atoms with van der Waals surface area (Å²) in [7, 11) is 1.56. The van der Waals surface area contributed by atoms with Crippen LogP contribution in [0.1, 0.15) is 28.7 Å². The van der Waals surface area contributed by atoms with Gasteiger partial charge in [-0.1, -0.05) is 77.6 Å². The number of benzene rings is 3. The maximum Gasteiger partial charge on any atom is 0.266 e. The number of imide groups is 1. The van der Waals surface area contributed by atoms with Crippen molar-refractivity contribution in [2.45, 2.75) is 32.9 Å². The maximum atomic E-state index is 13.4. The van der Waals surface area contributed by atoms with Crippen LogP contribution in [-0.4, -0.2) is 40.1 Å². The van der Waals surface area contributed by atoms with Gasteiger partial charge < -0.3 is 9.47 Å². The van der Waals surface area contributed by atoms with Crippen LogP contribution < -0.4 is 14.4 Å². The second kappa shape index (κ2) is 11.0. The van der Waals surface area contributed by atoms with Gasteiger partial charge in [-0.25, -0.2) is 4.90 Å². The molecular formula is C30H26N2O5S2. The monoisotopic (exact) mass is 558 g/mol. The summed E-state index contributed by atoms with van der Waals surface area (Å²) in [6.45, 7) is 4.35. The minimum atomic E-state index is -0.968. The van der Waals surface area contributed by atoms with E-state index >= 15 is 0 Å². The number of rotatable bonds is 7. The molecule has 1 atom stereocenters. The van der Waals surface area contributed by atoms with Crippen LogP contribution in [0.5, 0.6) is 11.5 Å². The van der Waals surface area contributed by atoms with Crippen LogP contribution in [0.25, 0.3) is 6.08 Å². The number of aryl methyl sites for hydroxylation is 2. The second-order valence-corrected chi connectivity index (χ2v) is 11.0. The van der Waals surface area contributed by atoms with Gasteiger partial charge in [0.25, 0.3) is 11.8 Å². The predicted molar refractivity (Wildman–Crippen MR) is 156 cm³/mol. The van der Waals surface area contributed by atoms with Gasteiger partial charge in [-0.05, 0) is 55.3 Å². The Kier molecular flexibility index (Phi) is 7.54. The third-order valence-corrected chi connectivity index (χ3v) is 7.88. The lowest BCUT2D eigenvalue weighted by Gasteiger charge is -2.21. The van der Waals surface area contributed by atoms with Crippen molar-refractivity contribution >= 4 is 57.8 Å². The molecular weight excluding hydrogens is 532 g/mol. The quantitative estimate of drug-likeness (QED) is 0.218. The van der Waals surface area contributed by atoms with E-state index < -0.39 is 17.9 Å². The van der Waals surface area contributed by atoms with Crippen molar-refractivity contribution in [3.05, 3.63) is 93.9 Å². The number of hydrogen-bond donors (Lipinski definition) is 0. The Hall–Kier alpha value is -3.95. The Bertz CT molecular complexity index is 1500. The molecule has 0 aliphatic carbocycles. The minimum Gasteiger partial charge on any atom is -0.493 e. The molecule has 5 rings (SSSR count). The summed E-state index contributed by atoms with van der Waals surface area (Å²) in [6, 6.07) is 19.6. The molecule has 0 saturated carbocycles. The van der Waals surface area contributed by atoms with Crippen molar-refractivity contribution in [1.82, 2.24) is 4.90 Å². The number of carbonyl (C=O) groups excluding carboxylic acids is 3. The average molecular weight is 559 g/mol. The summed E-state index contributed by atoms with van der Waals surface area (Å²) in [5.74, 6) is -0.123. The van der Waals surface area contributed by atoms with E-state index in [4.69, 9.17) is 21.7 Å². The lowest BCUT2D eigenvalue weighted by atomic mass is 10.1. The first kappa shape index (κ1) is 26.6. The molecule has 198 valence electrons. The Balaban J connectivity index is 1.32. The molecule has 2 aliphatic rings. The third kappa shape index (κ3) is 5.46. The second-order valence-electron chi connectivity index (χ2n) is 9.36. The molecule has 3 aromatic carbocycles. The van der Waals surface area contributed by atoms with Gasteiger partial charge in [0.2, 0.25) is 5.91 Å². The fourth-order valence-electron chi connectivity index (χ4n) is 4.42. The minimum absolute atomic E-state index is 0.118. The van der Waals surface area contributed by atoms with E-state index in [1.54, 1.807) is 37.5 Å². The molecule has 0 N–H and O–H groups in total. The first-order chi connectivity index (χ1) is 18.7. The number of hydrogen-bond acceptors (Lipinski definition) is 7. The van der Waals surface area contributed by atoms with E-state index in [9.17, 15) is 14.4 Å². The van der Waals surface area contributed by atoms with Gasteiger partial charge in [-0.15, -0.1) is 0 Å². The first-order valence-electron chi connectivity index (χ1n) is 12.3. The molecule has 2 aliphatic heterocycles. The van der Waals surface area contributed by atoms with E-state index in [-0.39, 0.29) is 16.6 Å². The van der Waals surface area contributed by atoms with Crippen LogP contribution in [0, 0.1) is 13.8 Å². The molecule has 2 saturated heterocycles. The molecule has 0 aromatic heterocycles. The van der Waals surface area contributed by atoms with Crippen LogP contribution in [-0.2, 0) is 21.0 Å². The number of carbonyl (C=O) groups is 3. The predicted octanol–water partition coefficient (Wildman–Crippen LogP) is 5.42. The lowest BCUT2D eigenvalue weighted by molar-refractivity contribution is -0.129. The zero-order valence-electron chi connectivity index (χ0n) is 21.7. The largest absolute Gasteiger partial charge is 0.493 e. The lowest BCUT2D eigenvalue weighted by Crippen LogP contribution is -2.44. The van der Waals surface area contributed by atoms with Crippen LogP contribution in [0.2, 0.25) is 0 Å². The van der Waals surface area contributed by atoms with Gasteiger partial charge in [0.1, 0.15) is 17.0 Å². The van der Waals surface area contributed by atoms with E-state index in [0.29, 0.717) is 34.3 Å². The Labute approximate surface area is 236 Å². The van der Waals surface area contributed by atoms with Crippen molar-refractivity contribution in [3.63, 3.8) is 0 Å². The van der Waals surface area contributed by atoms with E-state index in [2.05, 4.69) is 0 Å². The molecule has 0 bridgehead atoms. The number of methoxy groups -OCH3 is 1. The summed E-state index contributed by atoms with van der Waals surface area (Å²) in [5, 5.41) is 0. The highest BCUT2D eigenvalue weighted by molar-refractivity contribution is 8.26. The zero-order valence-corrected chi connectivity index (χ0v) is 23.3. The van der Waals surface area contributed by atoms with Crippen LogP contribution in [0.4, 0.5) is 5.69 Å². The number of nitrogens with zero attached hydrogens (tertiary/aromatic N) is 2. The first-order valence-corrected chi connectivity index (χ1v) is 13.5. The highest BCUT2D eigenvalue weighted by atomic mass is 32.2. The standard InChI is InChI=1S/C30H26N2O5S2/c1-18-4-8-20(9-5-18)17-37-24-13-10-21(14-25(24)36-3)15-26-29(35)32(30(38)39-26)23-16-27(33)31(28(23)34)22-11-6-19(2)7-12-22/h4-15,23H,16-17H2,1-3H3/b26-15-. The van der Waals surface area contributed by atoms with E-state index in [1.807, 2.05) is 56.3 Å². The molecule has 7 nitrogen and oxygen atoms in total. The molecule has 9 heteroatoms. The molecule has 3 amide bonds. The summed E-state index contributed by atoms with van der Waals surface area (Å²) in [6.07, 6.45) is 1.58. The van der Waals surface area contributed by atoms with Crippen molar-refractivity contribution in [3.8, 4) is 11.5 Å². The van der Waals surface area contributed by atoms with Crippen LogP contribution >= 0.6 is 24.0 Å². The number of amides is 3. The molecule has 0 spiro atoms. The highest BCUT2D eigenvalue weighted by Gasteiger charge is 2.48. The van der Waals surface area contributed by atoms with E-state index in [1.165, 1.54) is 10.5 Å². The number of anilines is 1. The van der Waals surface area contributed by atoms with Crippen molar-refractivity contribution < 1.29 is 23.9 Å². The van der Waals surface area contributed by atoms with Gasteiger partial charge >= 0.3 is 0 Å². The number of thiocarbonyl (C=S) groups is 1. The third-order valence-electron chi connectivity index (χ3n) is 6.55. The summed E-state index contributed by atoms with van der Waals surface area (Å²) < 4.78 is 11.7. The Morgan fingerprint density at radius 3 is 2.28 bits per heavy atom. The van der Waals surface area contributed by atoms with Crippen LogP contribution in [0.3, 0.4) is 0 Å². The molecule has 1 unspecified atom stereocenters. The van der Waals surface area contributed by atoms with Gasteiger partial charge in [-0.2, -0.15) is 0 Å². The smallest absolute Gasteiger partial charge is 0.266 e. The summed E-state index contributed by atoms with van der Waals surface area (Å²) in [5.41, 5.74) is 4.43. The molecule has 39 heavy (non-hydrogen) atoms. The van der Waals surface area contributed by atoms with Crippen molar-refractivity contribution in [1.29, 1.82) is 0 Å². The van der Waals surface area contributed by atoms with Crippen LogP contribution in [0.15, 0.2) is 71.6 Å². The van der Waals surface area contributed by atoms with Crippen molar-refractivity contribution in [2.75, 3.05) is 12.0 Å². The van der Waals surface area contributed by atoms with Gasteiger partial charge in [0, 0.05) is 0 Å². The SMILES string of the molecule is COc1cc(/C=C2\SC(=S)N(C3CC(=O)N(c4ccc(C)cc4)C3=O)C2=O)ccc1OCc1ccc(C)cc1. The fourth-order valence-corrected chi connectivity index (χ4v) is 5.78. The molecule has 3 aromatic rings. The van der Waals surface area contributed by atoms with Gasteiger partial charge in [0.05, 0.1) is 24.1 Å². The normalized spacial score (nSPS) is 18.4. The molecule has 0 radical (unpaired) electrons. The number of ether oxygens (including phenoxy) is 2. The Morgan fingerprint density at radius 2 is 1.62 bits per heavy atom. The van der Waals surface area contributed by atoms with E-state index in [0.717, 1.165) is 27.8 Å². The van der Waals surface area contributed by atoms with Gasteiger partial charge in [-0.3, -0.25) is 19.3 Å². The Morgan fingerprint density at radius 1 is 0.949 bits per heavy atom. The summed E-state index contributed by atoms with van der Waals surface area (Å²) >= 11 is 6.58. The summed E-state index contributed by atoms with van der Waals surface area (Å²) in [4.78, 5) is 42.1. The highest BCUT2D eigenvalue weighted by Crippen LogP contribution is 2.38. The molecule has 2 heterocycles. The maximum absolute atomic E-state index is 13.4. The topological polar surface area (TPSA) is 76.2 Å². The molecule has 2 fully saturated rings. The fraction of sp³-hybridized carbons (Fsp3) is 0.200. The number of thioether (sulfide) groups is 1. The van der Waals surface area contributed by atoms with Crippen molar-refractivity contribution in [2.24, 2.45) is 0 Å². The zero-order chi connectivity index (χ0) is 27.7. The average Bonchev–Trinajstić information content (AvgIpc) is 3.37. The van der Waals surface area contributed by atoms with Gasteiger partial charge in [0.15, 0.2) is 11.5 Å².